The van der Waals surface area contributed by atoms with Crippen LogP contribution in [0.5, 0.6) is 0 Å². The molecule has 15 heavy (non-hydrogen) atoms. The third kappa shape index (κ3) is 2.78. The van der Waals surface area contributed by atoms with Gasteiger partial charge in [-0.2, -0.15) is 0 Å². The fourth-order valence-electron chi connectivity index (χ4n) is 1.68. The summed E-state index contributed by atoms with van der Waals surface area (Å²) in [6, 6.07) is 1.91. The molecule has 1 aromatic heterocycles. The maximum absolute atomic E-state index is 9.44. The summed E-state index contributed by atoms with van der Waals surface area (Å²) in [5, 5.41) is 13.3. The van der Waals surface area contributed by atoms with E-state index in [1.165, 1.54) is 5.57 Å². The zero-order chi connectivity index (χ0) is 10.7. The third-order valence-corrected chi connectivity index (χ3v) is 2.75. The first kappa shape index (κ1) is 10.6. The number of nitrogens with zero attached hydrogens (tertiary/aromatic N) is 1. The minimum absolute atomic E-state index is 0.380. The lowest BCUT2D eigenvalue weighted by atomic mass is 10.0. The van der Waals surface area contributed by atoms with Crippen molar-refractivity contribution in [2.75, 3.05) is 13.1 Å². The SMILES string of the molecule is OC1C=C(Cc2ccncc2Cl)CNC1. The van der Waals surface area contributed by atoms with Crippen LogP contribution in [0.15, 0.2) is 30.1 Å². The number of aliphatic hydroxyl groups is 1. The lowest BCUT2D eigenvalue weighted by molar-refractivity contribution is 0.213. The summed E-state index contributed by atoms with van der Waals surface area (Å²) < 4.78 is 0. The van der Waals surface area contributed by atoms with E-state index in [1.807, 2.05) is 12.1 Å². The molecule has 0 fully saturated rings. The molecule has 0 spiro atoms. The third-order valence-electron chi connectivity index (χ3n) is 2.41. The molecule has 3 nitrogen and oxygen atoms in total. The Morgan fingerprint density at radius 2 is 2.47 bits per heavy atom. The number of nitrogens with one attached hydrogen (secondary N) is 1. The summed E-state index contributed by atoms with van der Waals surface area (Å²) in [6.07, 6.45) is 5.66. The second kappa shape index (κ2) is 4.75. The van der Waals surface area contributed by atoms with Crippen LogP contribution in [0.25, 0.3) is 0 Å². The van der Waals surface area contributed by atoms with E-state index >= 15 is 0 Å². The first-order chi connectivity index (χ1) is 7.25. The van der Waals surface area contributed by atoms with Gasteiger partial charge in [-0.15, -0.1) is 0 Å². The quantitative estimate of drug-likeness (QED) is 0.742. The van der Waals surface area contributed by atoms with Crippen LogP contribution in [-0.2, 0) is 6.42 Å². The molecule has 0 aliphatic carbocycles. The van der Waals surface area contributed by atoms with Crippen LogP contribution < -0.4 is 5.32 Å². The van der Waals surface area contributed by atoms with Gasteiger partial charge in [0.2, 0.25) is 0 Å². The summed E-state index contributed by atoms with van der Waals surface area (Å²) in [7, 11) is 0. The predicted molar refractivity (Wildman–Crippen MR) is 59.9 cm³/mol. The highest BCUT2D eigenvalue weighted by Crippen LogP contribution is 2.18. The summed E-state index contributed by atoms with van der Waals surface area (Å²) >= 11 is 6.01. The van der Waals surface area contributed by atoms with Gasteiger partial charge in [0.25, 0.3) is 0 Å². The molecule has 0 bridgehead atoms. The Kier molecular flexibility index (Phi) is 3.36. The molecule has 2 heterocycles. The van der Waals surface area contributed by atoms with E-state index in [1.54, 1.807) is 12.4 Å². The highest BCUT2D eigenvalue weighted by Gasteiger charge is 2.11. The van der Waals surface area contributed by atoms with Crippen molar-refractivity contribution in [2.24, 2.45) is 0 Å². The van der Waals surface area contributed by atoms with Crippen molar-refractivity contribution < 1.29 is 5.11 Å². The topological polar surface area (TPSA) is 45.2 Å². The molecule has 0 amide bonds. The van der Waals surface area contributed by atoms with E-state index in [9.17, 15) is 5.11 Å². The zero-order valence-corrected chi connectivity index (χ0v) is 9.04. The number of rotatable bonds is 2. The minimum Gasteiger partial charge on any atom is -0.388 e. The molecular weight excluding hydrogens is 212 g/mol. The van der Waals surface area contributed by atoms with Gasteiger partial charge in [-0.3, -0.25) is 4.98 Å². The summed E-state index contributed by atoms with van der Waals surface area (Å²) in [5.41, 5.74) is 2.22. The molecule has 1 aliphatic rings. The van der Waals surface area contributed by atoms with Gasteiger partial charge in [0, 0.05) is 25.5 Å². The molecule has 2 rings (SSSR count). The molecule has 4 heteroatoms. The second-order valence-electron chi connectivity index (χ2n) is 3.67. The van der Waals surface area contributed by atoms with E-state index in [4.69, 9.17) is 11.6 Å². The number of hydrogen-bond acceptors (Lipinski definition) is 3. The van der Waals surface area contributed by atoms with Crippen LogP contribution in [0.1, 0.15) is 5.56 Å². The Morgan fingerprint density at radius 3 is 3.20 bits per heavy atom. The highest BCUT2D eigenvalue weighted by molar-refractivity contribution is 6.31. The number of aromatic nitrogens is 1. The number of β-amino-alcohol motifs (C(OH)–C–C–N with tert-alkyl or cyclic N) is 1. The van der Waals surface area contributed by atoms with E-state index in [-0.39, 0.29) is 6.10 Å². The summed E-state index contributed by atoms with van der Waals surface area (Å²) in [4.78, 5) is 3.94. The second-order valence-corrected chi connectivity index (χ2v) is 4.07. The zero-order valence-electron chi connectivity index (χ0n) is 8.28. The van der Waals surface area contributed by atoms with Crippen molar-refractivity contribution in [2.45, 2.75) is 12.5 Å². The summed E-state index contributed by atoms with van der Waals surface area (Å²) in [5.74, 6) is 0. The molecule has 0 saturated heterocycles. The molecular formula is C11H13ClN2O. The number of halogens is 1. The van der Waals surface area contributed by atoms with Gasteiger partial charge in [-0.05, 0) is 18.1 Å². The lowest BCUT2D eigenvalue weighted by Crippen LogP contribution is -2.32. The largest absolute Gasteiger partial charge is 0.388 e. The average molecular weight is 225 g/mol. The summed E-state index contributed by atoms with van der Waals surface area (Å²) in [6.45, 7) is 1.45. The van der Waals surface area contributed by atoms with Gasteiger partial charge in [0.05, 0.1) is 11.1 Å². The monoisotopic (exact) mass is 224 g/mol. The van der Waals surface area contributed by atoms with E-state index in [0.717, 1.165) is 18.5 Å². The Labute approximate surface area is 93.8 Å². The fourth-order valence-corrected chi connectivity index (χ4v) is 1.87. The normalized spacial score (nSPS) is 21.2. The first-order valence-electron chi connectivity index (χ1n) is 4.92. The Bertz CT molecular complexity index is 379. The van der Waals surface area contributed by atoms with Gasteiger partial charge >= 0.3 is 0 Å². The molecule has 2 N–H and O–H groups in total. The van der Waals surface area contributed by atoms with Crippen molar-refractivity contribution in [3.8, 4) is 0 Å². The van der Waals surface area contributed by atoms with Crippen LogP contribution in [0.3, 0.4) is 0 Å². The van der Waals surface area contributed by atoms with Crippen LogP contribution in [0.2, 0.25) is 5.02 Å². The minimum atomic E-state index is -0.380. The first-order valence-corrected chi connectivity index (χ1v) is 5.30. The Hall–Kier alpha value is -0.900. The maximum Gasteiger partial charge on any atom is 0.0848 e. The number of pyridine rings is 1. The molecule has 0 saturated carbocycles. The fraction of sp³-hybridized carbons (Fsp3) is 0.364. The van der Waals surface area contributed by atoms with Crippen molar-refractivity contribution in [3.63, 3.8) is 0 Å². The van der Waals surface area contributed by atoms with Crippen molar-refractivity contribution in [3.05, 3.63) is 40.7 Å². The van der Waals surface area contributed by atoms with Gasteiger partial charge in [-0.25, -0.2) is 0 Å². The molecule has 1 aromatic rings. The molecule has 1 atom stereocenters. The number of hydrogen-bond donors (Lipinski definition) is 2. The predicted octanol–water partition coefficient (Wildman–Crippen LogP) is 1.17. The van der Waals surface area contributed by atoms with Gasteiger partial charge in [0.1, 0.15) is 0 Å². The van der Waals surface area contributed by atoms with Crippen LogP contribution >= 0.6 is 11.6 Å². The van der Waals surface area contributed by atoms with Crippen molar-refractivity contribution >= 4 is 11.6 Å². The smallest absolute Gasteiger partial charge is 0.0848 e. The molecule has 0 aromatic carbocycles. The molecule has 1 unspecified atom stereocenters. The van der Waals surface area contributed by atoms with Crippen LogP contribution in [-0.4, -0.2) is 29.3 Å². The van der Waals surface area contributed by atoms with Gasteiger partial charge in [0.15, 0.2) is 0 Å². The molecule has 0 radical (unpaired) electrons. The van der Waals surface area contributed by atoms with Gasteiger partial charge < -0.3 is 10.4 Å². The average Bonchev–Trinajstić information content (AvgIpc) is 2.22. The molecule has 1 aliphatic heterocycles. The standard InChI is InChI=1S/C11H13ClN2O/c12-11-7-13-2-1-9(11)3-8-4-10(15)6-14-5-8/h1-2,4,7,10,14-15H,3,5-6H2. The Morgan fingerprint density at radius 1 is 1.60 bits per heavy atom. The van der Waals surface area contributed by atoms with Crippen molar-refractivity contribution in [1.29, 1.82) is 0 Å². The Balaban J connectivity index is 2.12. The maximum atomic E-state index is 9.44. The van der Waals surface area contributed by atoms with Crippen LogP contribution in [0, 0.1) is 0 Å². The van der Waals surface area contributed by atoms with Crippen LogP contribution in [0.4, 0.5) is 0 Å². The van der Waals surface area contributed by atoms with E-state index < -0.39 is 0 Å². The van der Waals surface area contributed by atoms with Crippen molar-refractivity contribution in [1.82, 2.24) is 10.3 Å². The molecule has 80 valence electrons. The van der Waals surface area contributed by atoms with E-state index in [0.29, 0.717) is 11.6 Å². The highest BCUT2D eigenvalue weighted by atomic mass is 35.5. The van der Waals surface area contributed by atoms with E-state index in [2.05, 4.69) is 10.3 Å². The lowest BCUT2D eigenvalue weighted by Gasteiger charge is -2.18. The van der Waals surface area contributed by atoms with Gasteiger partial charge in [-0.1, -0.05) is 23.3 Å². The number of aliphatic hydroxyl groups excluding tert-OH is 1.